The fourth-order valence-electron chi connectivity index (χ4n) is 4.05. The minimum absolute atomic E-state index is 0.00101. The van der Waals surface area contributed by atoms with E-state index in [0.29, 0.717) is 18.0 Å². The highest BCUT2D eigenvalue weighted by Gasteiger charge is 2.34. The van der Waals surface area contributed by atoms with Crippen LogP contribution in [0.3, 0.4) is 0 Å². The van der Waals surface area contributed by atoms with Crippen LogP contribution in [0.2, 0.25) is 0 Å². The number of hydrogen-bond donors (Lipinski definition) is 1. The van der Waals surface area contributed by atoms with Gasteiger partial charge in [-0.2, -0.15) is 0 Å². The van der Waals surface area contributed by atoms with Gasteiger partial charge >= 0.3 is 0 Å². The molecule has 2 amide bonds. The number of carbonyl (C=O) groups excluding carboxylic acids is 2. The molecule has 2 heterocycles. The van der Waals surface area contributed by atoms with Crippen molar-refractivity contribution in [3.63, 3.8) is 0 Å². The highest BCUT2D eigenvalue weighted by atomic mass is 32.1. The maximum atomic E-state index is 13.1. The summed E-state index contributed by atoms with van der Waals surface area (Å²) in [4.78, 5) is 28.2. The number of carbonyl (C=O) groups is 2. The van der Waals surface area contributed by atoms with Crippen LogP contribution in [-0.2, 0) is 16.0 Å². The molecule has 0 unspecified atom stereocenters. The molecule has 1 N–H and O–H groups in total. The Labute approximate surface area is 174 Å². The van der Waals surface area contributed by atoms with E-state index in [1.807, 2.05) is 34.5 Å². The van der Waals surface area contributed by atoms with E-state index in [-0.39, 0.29) is 30.3 Å². The first-order chi connectivity index (χ1) is 14.1. The number of methoxy groups -OCH3 is 2. The van der Waals surface area contributed by atoms with E-state index in [4.69, 9.17) is 9.47 Å². The Balaban J connectivity index is 1.61. The van der Waals surface area contributed by atoms with Crippen LogP contribution in [0, 0.1) is 5.92 Å². The molecule has 0 saturated heterocycles. The molecular weight excluding hydrogens is 388 g/mol. The first-order valence-corrected chi connectivity index (χ1v) is 10.9. The molecule has 1 aliphatic heterocycles. The van der Waals surface area contributed by atoms with Gasteiger partial charge in [-0.1, -0.05) is 12.5 Å². The van der Waals surface area contributed by atoms with Crippen molar-refractivity contribution in [1.82, 2.24) is 10.2 Å². The van der Waals surface area contributed by atoms with E-state index in [9.17, 15) is 9.59 Å². The fraction of sp³-hybridized carbons (Fsp3) is 0.455. The molecule has 7 heteroatoms. The average Bonchev–Trinajstić information content (AvgIpc) is 3.23. The summed E-state index contributed by atoms with van der Waals surface area (Å²) in [5.74, 6) is 1.37. The second kappa shape index (κ2) is 8.45. The predicted octanol–water partition coefficient (Wildman–Crippen LogP) is 3.16. The summed E-state index contributed by atoms with van der Waals surface area (Å²) in [7, 11) is 3.25. The number of amides is 2. The number of nitrogens with one attached hydrogen (secondary N) is 1. The summed E-state index contributed by atoms with van der Waals surface area (Å²) in [6.07, 6.45) is 3.69. The molecule has 2 aliphatic rings. The summed E-state index contributed by atoms with van der Waals surface area (Å²) >= 11 is 1.63. The van der Waals surface area contributed by atoms with Gasteiger partial charge in [-0.3, -0.25) is 9.59 Å². The van der Waals surface area contributed by atoms with Gasteiger partial charge in [0.15, 0.2) is 11.5 Å². The van der Waals surface area contributed by atoms with Crippen molar-refractivity contribution in [1.29, 1.82) is 0 Å². The Morgan fingerprint density at radius 1 is 1.21 bits per heavy atom. The number of thiophene rings is 1. The maximum absolute atomic E-state index is 13.1. The quantitative estimate of drug-likeness (QED) is 0.789. The highest BCUT2D eigenvalue weighted by Crippen LogP contribution is 2.42. The minimum atomic E-state index is -0.188. The van der Waals surface area contributed by atoms with E-state index in [1.54, 1.807) is 25.6 Å². The summed E-state index contributed by atoms with van der Waals surface area (Å²) in [6, 6.07) is 7.84. The molecule has 154 valence electrons. The van der Waals surface area contributed by atoms with E-state index in [0.717, 1.165) is 41.7 Å². The topological polar surface area (TPSA) is 67.9 Å². The van der Waals surface area contributed by atoms with Crippen LogP contribution in [0.4, 0.5) is 0 Å². The van der Waals surface area contributed by atoms with Gasteiger partial charge in [-0.25, -0.2) is 0 Å². The standard InChI is InChI=1S/C22H26N2O4S/c1-27-17-11-15-8-9-24(20(25)13-23-22(26)14-5-3-6-14)21(19-7-4-10-29-19)16(15)12-18(17)28-2/h4,7,10-12,14,21H,3,5-6,8-9,13H2,1-2H3,(H,23,26)/t21-/m1/s1. The second-order valence-electron chi connectivity index (χ2n) is 7.51. The van der Waals surface area contributed by atoms with E-state index in [2.05, 4.69) is 5.32 Å². The van der Waals surface area contributed by atoms with Crippen LogP contribution in [0.25, 0.3) is 0 Å². The Bertz CT molecular complexity index is 892. The van der Waals surface area contributed by atoms with Gasteiger partial charge < -0.3 is 19.7 Å². The molecule has 0 spiro atoms. The third-order valence-electron chi connectivity index (χ3n) is 5.90. The lowest BCUT2D eigenvalue weighted by molar-refractivity contribution is -0.136. The molecule has 4 rings (SSSR count). The molecular formula is C22H26N2O4S. The van der Waals surface area contributed by atoms with Gasteiger partial charge in [0.25, 0.3) is 0 Å². The smallest absolute Gasteiger partial charge is 0.242 e. The van der Waals surface area contributed by atoms with Crippen LogP contribution < -0.4 is 14.8 Å². The second-order valence-corrected chi connectivity index (χ2v) is 8.49. The van der Waals surface area contributed by atoms with Gasteiger partial charge in [-0.05, 0) is 54.0 Å². The van der Waals surface area contributed by atoms with Crippen molar-refractivity contribution in [2.75, 3.05) is 27.3 Å². The van der Waals surface area contributed by atoms with Gasteiger partial charge in [0.2, 0.25) is 11.8 Å². The minimum Gasteiger partial charge on any atom is -0.493 e. The molecule has 1 aliphatic carbocycles. The van der Waals surface area contributed by atoms with E-state index < -0.39 is 0 Å². The summed E-state index contributed by atoms with van der Waals surface area (Å²) in [5, 5.41) is 4.86. The van der Waals surface area contributed by atoms with Crippen LogP contribution in [-0.4, -0.2) is 44.0 Å². The molecule has 0 bridgehead atoms. The summed E-state index contributed by atoms with van der Waals surface area (Å²) in [5.41, 5.74) is 2.21. The van der Waals surface area contributed by atoms with Crippen molar-refractivity contribution < 1.29 is 19.1 Å². The van der Waals surface area contributed by atoms with Crippen molar-refractivity contribution >= 4 is 23.2 Å². The third-order valence-corrected chi connectivity index (χ3v) is 6.82. The molecule has 1 saturated carbocycles. The number of benzene rings is 1. The van der Waals surface area contributed by atoms with Gasteiger partial charge in [-0.15, -0.1) is 11.3 Å². The molecule has 0 radical (unpaired) electrons. The van der Waals surface area contributed by atoms with Crippen molar-refractivity contribution in [3.05, 3.63) is 45.6 Å². The van der Waals surface area contributed by atoms with Gasteiger partial charge in [0, 0.05) is 17.3 Å². The monoisotopic (exact) mass is 414 g/mol. The lowest BCUT2D eigenvalue weighted by Crippen LogP contribution is -2.46. The van der Waals surface area contributed by atoms with Crippen LogP contribution in [0.1, 0.15) is 41.3 Å². The molecule has 2 aromatic rings. The summed E-state index contributed by atoms with van der Waals surface area (Å²) < 4.78 is 11.0. The number of hydrogen-bond acceptors (Lipinski definition) is 5. The largest absolute Gasteiger partial charge is 0.493 e. The zero-order chi connectivity index (χ0) is 20.4. The molecule has 29 heavy (non-hydrogen) atoms. The zero-order valence-electron chi connectivity index (χ0n) is 16.8. The number of rotatable bonds is 6. The van der Waals surface area contributed by atoms with E-state index >= 15 is 0 Å². The van der Waals surface area contributed by atoms with Gasteiger partial charge in [0.05, 0.1) is 26.8 Å². The first kappa shape index (κ1) is 19.8. The van der Waals surface area contributed by atoms with Crippen LogP contribution in [0.5, 0.6) is 11.5 Å². The number of fused-ring (bicyclic) bond motifs is 1. The molecule has 1 aromatic carbocycles. The van der Waals surface area contributed by atoms with Crippen LogP contribution >= 0.6 is 11.3 Å². The van der Waals surface area contributed by atoms with Crippen molar-refractivity contribution in [3.8, 4) is 11.5 Å². The zero-order valence-corrected chi connectivity index (χ0v) is 17.6. The number of ether oxygens (including phenoxy) is 2. The summed E-state index contributed by atoms with van der Waals surface area (Å²) in [6.45, 7) is 0.642. The molecule has 1 aromatic heterocycles. The average molecular weight is 415 g/mol. The predicted molar refractivity (Wildman–Crippen MR) is 111 cm³/mol. The maximum Gasteiger partial charge on any atom is 0.242 e. The molecule has 1 fully saturated rings. The lowest BCUT2D eigenvalue weighted by Gasteiger charge is -2.37. The Morgan fingerprint density at radius 3 is 2.59 bits per heavy atom. The first-order valence-electron chi connectivity index (χ1n) is 9.97. The van der Waals surface area contributed by atoms with E-state index in [1.165, 1.54) is 0 Å². The Kier molecular flexibility index (Phi) is 5.76. The third kappa shape index (κ3) is 3.83. The fourth-order valence-corrected chi connectivity index (χ4v) is 4.90. The Hall–Kier alpha value is -2.54. The van der Waals surface area contributed by atoms with Crippen molar-refractivity contribution in [2.24, 2.45) is 5.92 Å². The molecule has 1 atom stereocenters. The number of nitrogens with zero attached hydrogens (tertiary/aromatic N) is 1. The lowest BCUT2D eigenvalue weighted by atomic mass is 9.85. The van der Waals surface area contributed by atoms with Gasteiger partial charge in [0.1, 0.15) is 0 Å². The molecule has 6 nitrogen and oxygen atoms in total. The van der Waals surface area contributed by atoms with Crippen molar-refractivity contribution in [2.45, 2.75) is 31.7 Å². The SMILES string of the molecule is COc1cc2c(cc1OC)[C@H](c1cccs1)N(C(=O)CNC(=O)C1CCC1)CC2. The highest BCUT2D eigenvalue weighted by molar-refractivity contribution is 7.10. The Morgan fingerprint density at radius 2 is 1.97 bits per heavy atom. The van der Waals surface area contributed by atoms with Crippen LogP contribution in [0.15, 0.2) is 29.6 Å². The normalized spacial score (nSPS) is 18.6.